The SMILES string of the molecule is C[C@]12CCC(=O)N1c1ccccc1C(=O)N2CCC(=O)Nc1nc(-c2ccc3c(c2)CCO3)cs1. The predicted octanol–water partition coefficient (Wildman–Crippen LogP) is 4.07. The molecule has 0 radical (unpaired) electrons. The molecule has 1 saturated heterocycles. The van der Waals surface area contributed by atoms with E-state index in [1.165, 1.54) is 16.9 Å². The Kier molecular flexibility index (Phi) is 5.10. The standard InChI is InChI=1S/C26H24N4O4S/c1-26-11-8-23(32)30(26)20-5-3-2-4-18(20)24(33)29(26)12-9-22(31)28-25-27-19(15-35-25)16-6-7-21-17(14-16)10-13-34-21/h2-7,14-15H,8-13H2,1H3,(H,27,28,31)/t26-/m1/s1. The van der Waals surface area contributed by atoms with E-state index in [2.05, 4.69) is 16.4 Å². The molecule has 1 aromatic heterocycles. The largest absolute Gasteiger partial charge is 0.493 e. The lowest BCUT2D eigenvalue weighted by molar-refractivity contribution is -0.117. The number of amides is 3. The molecule has 0 saturated carbocycles. The first-order valence-electron chi connectivity index (χ1n) is 11.7. The van der Waals surface area contributed by atoms with Gasteiger partial charge in [0.15, 0.2) is 5.13 Å². The monoisotopic (exact) mass is 488 g/mol. The molecule has 3 aromatic rings. The third-order valence-corrected chi connectivity index (χ3v) is 7.80. The van der Waals surface area contributed by atoms with E-state index in [4.69, 9.17) is 4.74 Å². The predicted molar refractivity (Wildman–Crippen MR) is 133 cm³/mol. The zero-order valence-electron chi connectivity index (χ0n) is 19.2. The third kappa shape index (κ3) is 3.58. The van der Waals surface area contributed by atoms with Crippen molar-refractivity contribution in [2.45, 2.75) is 38.3 Å². The summed E-state index contributed by atoms with van der Waals surface area (Å²) in [7, 11) is 0. The lowest BCUT2D eigenvalue weighted by Gasteiger charge is -2.48. The van der Waals surface area contributed by atoms with Crippen LogP contribution < -0.4 is 15.0 Å². The van der Waals surface area contributed by atoms with E-state index < -0.39 is 5.66 Å². The molecule has 1 N–H and O–H groups in total. The number of ether oxygens (including phenoxy) is 1. The molecule has 4 heterocycles. The van der Waals surface area contributed by atoms with Gasteiger partial charge in [-0.05, 0) is 49.2 Å². The first-order valence-corrected chi connectivity index (χ1v) is 12.6. The molecule has 0 spiro atoms. The maximum Gasteiger partial charge on any atom is 0.257 e. The van der Waals surface area contributed by atoms with Crippen LogP contribution in [-0.2, 0) is 16.0 Å². The molecule has 3 aliphatic heterocycles. The van der Waals surface area contributed by atoms with Gasteiger partial charge in [-0.1, -0.05) is 12.1 Å². The van der Waals surface area contributed by atoms with Crippen LogP contribution in [0.3, 0.4) is 0 Å². The molecular weight excluding hydrogens is 464 g/mol. The maximum atomic E-state index is 13.3. The summed E-state index contributed by atoms with van der Waals surface area (Å²) in [5, 5.41) is 5.30. The Morgan fingerprint density at radius 3 is 2.94 bits per heavy atom. The minimum absolute atomic E-state index is 0.00432. The molecule has 3 amide bonds. The summed E-state index contributed by atoms with van der Waals surface area (Å²) in [6, 6.07) is 13.2. The van der Waals surface area contributed by atoms with Crippen molar-refractivity contribution in [3.8, 4) is 17.0 Å². The Balaban J connectivity index is 1.15. The number of benzene rings is 2. The summed E-state index contributed by atoms with van der Waals surface area (Å²) in [6.07, 6.45) is 1.90. The van der Waals surface area contributed by atoms with Crippen molar-refractivity contribution in [1.82, 2.24) is 9.88 Å². The van der Waals surface area contributed by atoms with Crippen LogP contribution in [-0.4, -0.2) is 46.4 Å². The summed E-state index contributed by atoms with van der Waals surface area (Å²) >= 11 is 1.37. The zero-order chi connectivity index (χ0) is 24.2. The van der Waals surface area contributed by atoms with Crippen LogP contribution in [0.5, 0.6) is 5.75 Å². The molecule has 6 rings (SSSR count). The molecule has 8 nitrogen and oxygen atoms in total. The van der Waals surface area contributed by atoms with Crippen LogP contribution in [0, 0.1) is 0 Å². The van der Waals surface area contributed by atoms with Crippen molar-refractivity contribution in [3.05, 3.63) is 59.0 Å². The number of hydrogen-bond acceptors (Lipinski definition) is 6. The average Bonchev–Trinajstić information content (AvgIpc) is 3.58. The average molecular weight is 489 g/mol. The highest BCUT2D eigenvalue weighted by Gasteiger charge is 2.52. The minimum Gasteiger partial charge on any atom is -0.493 e. The fourth-order valence-corrected chi connectivity index (χ4v) is 5.98. The van der Waals surface area contributed by atoms with Gasteiger partial charge in [-0.3, -0.25) is 19.3 Å². The summed E-state index contributed by atoms with van der Waals surface area (Å²) in [6.45, 7) is 2.81. The Morgan fingerprint density at radius 1 is 1.20 bits per heavy atom. The van der Waals surface area contributed by atoms with Gasteiger partial charge in [0.25, 0.3) is 5.91 Å². The summed E-state index contributed by atoms with van der Waals surface area (Å²) in [4.78, 5) is 46.8. The van der Waals surface area contributed by atoms with Gasteiger partial charge in [-0.25, -0.2) is 4.98 Å². The van der Waals surface area contributed by atoms with E-state index in [1.807, 2.05) is 36.6 Å². The maximum absolute atomic E-state index is 13.3. The van der Waals surface area contributed by atoms with E-state index in [0.29, 0.717) is 35.8 Å². The van der Waals surface area contributed by atoms with Crippen molar-refractivity contribution in [3.63, 3.8) is 0 Å². The zero-order valence-corrected chi connectivity index (χ0v) is 20.1. The second kappa shape index (κ2) is 8.20. The Morgan fingerprint density at radius 2 is 2.06 bits per heavy atom. The summed E-state index contributed by atoms with van der Waals surface area (Å²) < 4.78 is 5.57. The van der Waals surface area contributed by atoms with Crippen LogP contribution in [0.15, 0.2) is 47.8 Å². The lowest BCUT2D eigenvalue weighted by atomic mass is 9.98. The van der Waals surface area contributed by atoms with E-state index in [-0.39, 0.29) is 30.7 Å². The summed E-state index contributed by atoms with van der Waals surface area (Å²) in [5.74, 6) is 0.539. The van der Waals surface area contributed by atoms with E-state index >= 15 is 0 Å². The number of rotatable bonds is 5. The van der Waals surface area contributed by atoms with Crippen molar-refractivity contribution in [2.24, 2.45) is 0 Å². The molecule has 0 unspecified atom stereocenters. The number of carbonyl (C=O) groups excluding carboxylic acids is 3. The smallest absolute Gasteiger partial charge is 0.257 e. The van der Waals surface area contributed by atoms with Crippen molar-refractivity contribution < 1.29 is 19.1 Å². The lowest BCUT2D eigenvalue weighted by Crippen LogP contribution is -2.62. The molecule has 0 bridgehead atoms. The highest BCUT2D eigenvalue weighted by atomic mass is 32.1. The van der Waals surface area contributed by atoms with Gasteiger partial charge >= 0.3 is 0 Å². The van der Waals surface area contributed by atoms with E-state index in [0.717, 1.165) is 23.4 Å². The van der Waals surface area contributed by atoms with Gasteiger partial charge in [0.2, 0.25) is 11.8 Å². The normalized spacial score (nSPS) is 20.4. The molecule has 1 fully saturated rings. The van der Waals surface area contributed by atoms with Crippen LogP contribution >= 0.6 is 11.3 Å². The Hall–Kier alpha value is -3.72. The van der Waals surface area contributed by atoms with Gasteiger partial charge in [-0.15, -0.1) is 11.3 Å². The number of nitrogens with one attached hydrogen (secondary N) is 1. The number of anilines is 2. The van der Waals surface area contributed by atoms with Gasteiger partial charge < -0.3 is 15.0 Å². The molecule has 3 aliphatic rings. The highest BCUT2D eigenvalue weighted by Crippen LogP contribution is 2.44. The molecule has 1 atom stereocenters. The molecule has 0 aliphatic carbocycles. The first kappa shape index (κ1) is 21.8. The number of thiazole rings is 1. The molecular formula is C26H24N4O4S. The molecule has 35 heavy (non-hydrogen) atoms. The van der Waals surface area contributed by atoms with Crippen molar-refractivity contribution >= 4 is 39.9 Å². The fraction of sp³-hybridized carbons (Fsp3) is 0.308. The number of nitrogens with zero attached hydrogens (tertiary/aromatic N) is 3. The number of para-hydroxylation sites is 1. The van der Waals surface area contributed by atoms with Gasteiger partial charge in [0.1, 0.15) is 11.4 Å². The fourth-order valence-electron chi connectivity index (χ4n) is 5.25. The second-order valence-corrected chi connectivity index (χ2v) is 10.0. The Bertz CT molecular complexity index is 1370. The number of hydrogen-bond donors (Lipinski definition) is 1. The van der Waals surface area contributed by atoms with Gasteiger partial charge in [0.05, 0.1) is 23.6 Å². The number of fused-ring (bicyclic) bond motifs is 4. The van der Waals surface area contributed by atoms with Gasteiger partial charge in [0, 0.05) is 36.8 Å². The van der Waals surface area contributed by atoms with Gasteiger partial charge in [-0.2, -0.15) is 0 Å². The van der Waals surface area contributed by atoms with E-state index in [1.54, 1.807) is 21.9 Å². The first-order chi connectivity index (χ1) is 16.9. The van der Waals surface area contributed by atoms with Crippen LogP contribution in [0.2, 0.25) is 0 Å². The molecule has 178 valence electrons. The van der Waals surface area contributed by atoms with Crippen LogP contribution in [0.1, 0.15) is 42.1 Å². The molecule has 9 heteroatoms. The molecule has 2 aromatic carbocycles. The van der Waals surface area contributed by atoms with Crippen molar-refractivity contribution in [1.29, 1.82) is 0 Å². The quantitative estimate of drug-likeness (QED) is 0.585. The third-order valence-electron chi connectivity index (χ3n) is 7.04. The second-order valence-electron chi connectivity index (χ2n) is 9.18. The van der Waals surface area contributed by atoms with Crippen molar-refractivity contribution in [2.75, 3.05) is 23.4 Å². The number of carbonyl (C=O) groups is 3. The van der Waals surface area contributed by atoms with E-state index in [9.17, 15) is 14.4 Å². The topological polar surface area (TPSA) is 91.8 Å². The number of aromatic nitrogens is 1. The highest BCUT2D eigenvalue weighted by molar-refractivity contribution is 7.14. The summed E-state index contributed by atoms with van der Waals surface area (Å²) in [5.41, 5.74) is 3.33. The Labute approximate surface area is 206 Å². The van der Waals surface area contributed by atoms with Crippen LogP contribution in [0.4, 0.5) is 10.8 Å². The minimum atomic E-state index is -0.769. The van der Waals surface area contributed by atoms with Crippen LogP contribution in [0.25, 0.3) is 11.3 Å².